The number of aliphatic hydroxyl groups excluding tert-OH is 1. The summed E-state index contributed by atoms with van der Waals surface area (Å²) in [6.07, 6.45) is -0.767. The van der Waals surface area contributed by atoms with E-state index < -0.39 is 6.10 Å². The maximum atomic E-state index is 11.2. The number of nitrogens with one attached hydrogen (secondary N) is 1. The minimum absolute atomic E-state index is 0.00399. The van der Waals surface area contributed by atoms with Crippen LogP contribution in [0.3, 0.4) is 0 Å². The van der Waals surface area contributed by atoms with E-state index in [4.69, 9.17) is 9.47 Å². The Balaban J connectivity index is 2.43. The number of hydrogen-bond acceptors (Lipinski definition) is 5. The first-order valence-corrected chi connectivity index (χ1v) is 6.29. The molecule has 1 aromatic carbocycles. The summed E-state index contributed by atoms with van der Waals surface area (Å²) < 4.78 is 9.94. The highest BCUT2D eigenvalue weighted by molar-refractivity contribution is 5.70. The molecule has 1 aromatic rings. The molecule has 0 radical (unpaired) electrons. The summed E-state index contributed by atoms with van der Waals surface area (Å²) in [4.78, 5) is 11.2. The number of methoxy groups -OCH3 is 1. The molecule has 5 heteroatoms. The standard InChI is InChI=1S/C14H21NO4/c1-4-19-14(17)8-12(16)9-15-11-5-6-13(18-3)10(2)7-11/h5-7,12,15-16H,4,8-9H2,1-3H3. The van der Waals surface area contributed by atoms with Crippen LogP contribution in [0.1, 0.15) is 18.9 Å². The predicted molar refractivity (Wildman–Crippen MR) is 73.5 cm³/mol. The molecule has 0 aliphatic carbocycles. The maximum Gasteiger partial charge on any atom is 0.308 e. The smallest absolute Gasteiger partial charge is 0.308 e. The van der Waals surface area contributed by atoms with E-state index in [0.29, 0.717) is 13.2 Å². The second-order valence-electron chi connectivity index (χ2n) is 4.23. The van der Waals surface area contributed by atoms with E-state index in [2.05, 4.69) is 5.32 Å². The first-order chi connectivity index (χ1) is 9.06. The molecule has 0 aromatic heterocycles. The third kappa shape index (κ3) is 5.18. The van der Waals surface area contributed by atoms with Crippen molar-refractivity contribution in [1.82, 2.24) is 0 Å². The number of ether oxygens (including phenoxy) is 2. The summed E-state index contributed by atoms with van der Waals surface area (Å²) in [5, 5.41) is 12.8. The van der Waals surface area contributed by atoms with Crippen molar-refractivity contribution in [3.63, 3.8) is 0 Å². The van der Waals surface area contributed by atoms with Gasteiger partial charge in [0, 0.05) is 12.2 Å². The molecule has 1 rings (SSSR count). The van der Waals surface area contributed by atoms with Gasteiger partial charge in [-0.3, -0.25) is 4.79 Å². The van der Waals surface area contributed by atoms with Gasteiger partial charge in [0.2, 0.25) is 0 Å². The molecule has 5 nitrogen and oxygen atoms in total. The van der Waals surface area contributed by atoms with Crippen LogP contribution in [0.15, 0.2) is 18.2 Å². The number of aryl methyl sites for hydroxylation is 1. The van der Waals surface area contributed by atoms with Crippen LogP contribution < -0.4 is 10.1 Å². The first kappa shape index (κ1) is 15.3. The van der Waals surface area contributed by atoms with Crippen molar-refractivity contribution >= 4 is 11.7 Å². The topological polar surface area (TPSA) is 67.8 Å². The largest absolute Gasteiger partial charge is 0.496 e. The van der Waals surface area contributed by atoms with Crippen molar-refractivity contribution in [2.75, 3.05) is 25.6 Å². The Kier molecular flexibility index (Phi) is 6.15. The molecule has 0 aliphatic heterocycles. The Morgan fingerprint density at radius 2 is 2.21 bits per heavy atom. The molecule has 0 aliphatic rings. The average molecular weight is 267 g/mol. The van der Waals surface area contributed by atoms with Crippen molar-refractivity contribution in [2.24, 2.45) is 0 Å². The molecule has 1 atom stereocenters. The van der Waals surface area contributed by atoms with E-state index in [0.717, 1.165) is 17.0 Å². The molecule has 0 saturated carbocycles. The SMILES string of the molecule is CCOC(=O)CC(O)CNc1ccc(OC)c(C)c1. The van der Waals surface area contributed by atoms with Crippen LogP contribution in [0, 0.1) is 6.92 Å². The highest BCUT2D eigenvalue weighted by Gasteiger charge is 2.11. The van der Waals surface area contributed by atoms with Crippen molar-refractivity contribution in [3.05, 3.63) is 23.8 Å². The second-order valence-corrected chi connectivity index (χ2v) is 4.23. The molecule has 19 heavy (non-hydrogen) atoms. The van der Waals surface area contributed by atoms with E-state index in [1.165, 1.54) is 0 Å². The number of carbonyl (C=O) groups excluding carboxylic acids is 1. The molecule has 0 spiro atoms. The van der Waals surface area contributed by atoms with Gasteiger partial charge in [0.1, 0.15) is 5.75 Å². The summed E-state index contributed by atoms with van der Waals surface area (Å²) in [6, 6.07) is 5.65. The van der Waals surface area contributed by atoms with Gasteiger partial charge >= 0.3 is 5.97 Å². The summed E-state index contributed by atoms with van der Waals surface area (Å²) >= 11 is 0. The Bertz CT molecular complexity index is 420. The lowest BCUT2D eigenvalue weighted by molar-refractivity contribution is -0.145. The molecule has 0 bridgehead atoms. The van der Waals surface area contributed by atoms with Gasteiger partial charge in [-0.25, -0.2) is 0 Å². The minimum Gasteiger partial charge on any atom is -0.496 e. The fourth-order valence-corrected chi connectivity index (χ4v) is 1.71. The molecule has 0 amide bonds. The van der Waals surface area contributed by atoms with E-state index in [1.807, 2.05) is 25.1 Å². The summed E-state index contributed by atoms with van der Waals surface area (Å²) in [5.74, 6) is 0.431. The van der Waals surface area contributed by atoms with Gasteiger partial charge in [-0.1, -0.05) is 0 Å². The molecular weight excluding hydrogens is 246 g/mol. The lowest BCUT2D eigenvalue weighted by atomic mass is 10.2. The average Bonchev–Trinajstić information content (AvgIpc) is 2.36. The number of benzene rings is 1. The van der Waals surface area contributed by atoms with Gasteiger partial charge in [0.15, 0.2) is 0 Å². The Hall–Kier alpha value is -1.75. The van der Waals surface area contributed by atoms with Gasteiger partial charge in [0.05, 0.1) is 26.2 Å². The van der Waals surface area contributed by atoms with Crippen LogP contribution >= 0.6 is 0 Å². The van der Waals surface area contributed by atoms with E-state index in [1.54, 1.807) is 14.0 Å². The van der Waals surface area contributed by atoms with Crippen molar-refractivity contribution in [1.29, 1.82) is 0 Å². The molecule has 106 valence electrons. The highest BCUT2D eigenvalue weighted by Crippen LogP contribution is 2.21. The van der Waals surface area contributed by atoms with Crippen molar-refractivity contribution in [3.8, 4) is 5.75 Å². The van der Waals surface area contributed by atoms with E-state index >= 15 is 0 Å². The fraction of sp³-hybridized carbons (Fsp3) is 0.500. The maximum absolute atomic E-state index is 11.2. The van der Waals surface area contributed by atoms with Crippen LogP contribution in [-0.4, -0.2) is 37.4 Å². The summed E-state index contributed by atoms with van der Waals surface area (Å²) in [6.45, 7) is 4.31. The van der Waals surface area contributed by atoms with E-state index in [-0.39, 0.29) is 12.4 Å². The van der Waals surface area contributed by atoms with Gasteiger partial charge < -0.3 is 19.9 Å². The second kappa shape index (κ2) is 7.63. The third-order valence-electron chi connectivity index (χ3n) is 2.64. The Morgan fingerprint density at radius 1 is 1.47 bits per heavy atom. The minimum atomic E-state index is -0.763. The van der Waals surface area contributed by atoms with Crippen LogP contribution in [-0.2, 0) is 9.53 Å². The fourth-order valence-electron chi connectivity index (χ4n) is 1.71. The predicted octanol–water partition coefficient (Wildman–Crippen LogP) is 1.73. The van der Waals surface area contributed by atoms with E-state index in [9.17, 15) is 9.90 Å². The molecule has 0 fully saturated rings. The van der Waals surface area contributed by atoms with Crippen LogP contribution in [0.25, 0.3) is 0 Å². The molecule has 2 N–H and O–H groups in total. The summed E-state index contributed by atoms with van der Waals surface area (Å²) in [7, 11) is 1.62. The van der Waals surface area contributed by atoms with Crippen LogP contribution in [0.2, 0.25) is 0 Å². The zero-order chi connectivity index (χ0) is 14.3. The third-order valence-corrected chi connectivity index (χ3v) is 2.64. The number of anilines is 1. The number of esters is 1. The van der Waals surface area contributed by atoms with Crippen LogP contribution in [0.5, 0.6) is 5.75 Å². The summed E-state index contributed by atoms with van der Waals surface area (Å²) in [5.41, 5.74) is 1.88. The zero-order valence-corrected chi connectivity index (χ0v) is 11.6. The first-order valence-electron chi connectivity index (χ1n) is 6.29. The zero-order valence-electron chi connectivity index (χ0n) is 11.6. The quantitative estimate of drug-likeness (QED) is 0.736. The van der Waals surface area contributed by atoms with Crippen LogP contribution in [0.4, 0.5) is 5.69 Å². The van der Waals surface area contributed by atoms with Gasteiger partial charge in [-0.2, -0.15) is 0 Å². The van der Waals surface area contributed by atoms with Gasteiger partial charge in [-0.05, 0) is 37.6 Å². The highest BCUT2D eigenvalue weighted by atomic mass is 16.5. The van der Waals surface area contributed by atoms with Crippen molar-refractivity contribution < 1.29 is 19.4 Å². The molecule has 0 saturated heterocycles. The number of hydrogen-bond donors (Lipinski definition) is 2. The number of carbonyl (C=O) groups is 1. The number of rotatable bonds is 7. The Morgan fingerprint density at radius 3 is 2.79 bits per heavy atom. The van der Waals surface area contributed by atoms with Crippen molar-refractivity contribution in [2.45, 2.75) is 26.4 Å². The molecule has 0 heterocycles. The monoisotopic (exact) mass is 267 g/mol. The molecule has 1 unspecified atom stereocenters. The molecular formula is C14H21NO4. The lowest BCUT2D eigenvalue weighted by Gasteiger charge is -2.13. The van der Waals surface area contributed by atoms with Gasteiger partial charge in [-0.15, -0.1) is 0 Å². The number of aliphatic hydroxyl groups is 1. The lowest BCUT2D eigenvalue weighted by Crippen LogP contribution is -2.23. The normalized spacial score (nSPS) is 11.8. The van der Waals surface area contributed by atoms with Gasteiger partial charge in [0.25, 0.3) is 0 Å². The Labute approximate surface area is 113 Å².